The molecule has 3 aromatic rings. The third kappa shape index (κ3) is 3.84. The standard InChI is InChI=1S/C18H16FN3O2/c1-12-4-2-3-5-15(12)18-21-17(24-22-18)11-10-16(23)20-14-8-6-13(19)7-9-14/h2-9H,10-11H2,1H3,(H,20,23). The number of rotatable bonds is 5. The predicted molar refractivity (Wildman–Crippen MR) is 87.8 cm³/mol. The van der Waals surface area contributed by atoms with Gasteiger partial charge in [0.05, 0.1) is 0 Å². The fraction of sp³-hybridized carbons (Fsp3) is 0.167. The summed E-state index contributed by atoms with van der Waals surface area (Å²) < 4.78 is 18.0. The van der Waals surface area contributed by atoms with Crippen molar-refractivity contribution in [2.75, 3.05) is 5.32 Å². The number of benzene rings is 2. The molecule has 0 spiro atoms. The van der Waals surface area contributed by atoms with Crippen molar-refractivity contribution in [1.29, 1.82) is 0 Å². The van der Waals surface area contributed by atoms with E-state index < -0.39 is 0 Å². The zero-order valence-electron chi connectivity index (χ0n) is 13.1. The second kappa shape index (κ2) is 7.04. The molecule has 1 aromatic heterocycles. The highest BCUT2D eigenvalue weighted by atomic mass is 19.1. The van der Waals surface area contributed by atoms with Gasteiger partial charge in [-0.25, -0.2) is 4.39 Å². The molecule has 0 saturated heterocycles. The number of aromatic nitrogens is 2. The van der Waals surface area contributed by atoms with Crippen molar-refractivity contribution in [3.8, 4) is 11.4 Å². The quantitative estimate of drug-likeness (QED) is 0.775. The van der Waals surface area contributed by atoms with E-state index >= 15 is 0 Å². The topological polar surface area (TPSA) is 68.0 Å². The van der Waals surface area contributed by atoms with E-state index in [1.165, 1.54) is 24.3 Å². The van der Waals surface area contributed by atoms with Crippen molar-refractivity contribution in [1.82, 2.24) is 10.1 Å². The SMILES string of the molecule is Cc1ccccc1-c1noc(CCC(=O)Nc2ccc(F)cc2)n1. The number of aryl methyl sites for hydroxylation is 2. The lowest BCUT2D eigenvalue weighted by Crippen LogP contribution is -2.12. The smallest absolute Gasteiger partial charge is 0.227 e. The number of halogens is 1. The summed E-state index contributed by atoms with van der Waals surface area (Å²) in [7, 11) is 0. The molecule has 0 bridgehead atoms. The van der Waals surface area contributed by atoms with Crippen molar-refractivity contribution >= 4 is 11.6 Å². The molecule has 122 valence electrons. The van der Waals surface area contributed by atoms with Crippen LogP contribution in [0.25, 0.3) is 11.4 Å². The van der Waals surface area contributed by atoms with Crippen molar-refractivity contribution < 1.29 is 13.7 Å². The van der Waals surface area contributed by atoms with Gasteiger partial charge in [-0.1, -0.05) is 29.4 Å². The van der Waals surface area contributed by atoms with Crippen molar-refractivity contribution in [3.05, 3.63) is 65.8 Å². The first-order valence-corrected chi connectivity index (χ1v) is 7.56. The van der Waals surface area contributed by atoms with Gasteiger partial charge in [0.25, 0.3) is 0 Å². The van der Waals surface area contributed by atoms with Gasteiger partial charge in [-0.05, 0) is 36.8 Å². The first-order valence-electron chi connectivity index (χ1n) is 7.56. The van der Waals surface area contributed by atoms with E-state index in [2.05, 4.69) is 15.5 Å². The summed E-state index contributed by atoms with van der Waals surface area (Å²) in [6.45, 7) is 1.97. The van der Waals surface area contributed by atoms with Crippen LogP contribution in [0.15, 0.2) is 53.1 Å². The summed E-state index contributed by atoms with van der Waals surface area (Å²) in [5, 5.41) is 6.65. The molecule has 0 radical (unpaired) electrons. The van der Waals surface area contributed by atoms with Crippen LogP contribution in [0.3, 0.4) is 0 Å². The number of nitrogens with zero attached hydrogens (tertiary/aromatic N) is 2. The Bertz CT molecular complexity index is 843. The van der Waals surface area contributed by atoms with Crippen LogP contribution in [-0.4, -0.2) is 16.0 Å². The summed E-state index contributed by atoms with van der Waals surface area (Å²) >= 11 is 0. The molecule has 2 aromatic carbocycles. The second-order valence-electron chi connectivity index (χ2n) is 5.38. The van der Waals surface area contributed by atoms with Gasteiger partial charge in [-0.3, -0.25) is 4.79 Å². The molecule has 0 saturated carbocycles. The summed E-state index contributed by atoms with van der Waals surface area (Å²) in [6.07, 6.45) is 0.540. The van der Waals surface area contributed by atoms with Crippen LogP contribution in [0.5, 0.6) is 0 Å². The van der Waals surface area contributed by atoms with Crippen LogP contribution >= 0.6 is 0 Å². The molecule has 24 heavy (non-hydrogen) atoms. The lowest BCUT2D eigenvalue weighted by atomic mass is 10.1. The van der Waals surface area contributed by atoms with Crippen LogP contribution in [0.4, 0.5) is 10.1 Å². The molecule has 6 heteroatoms. The molecule has 0 aliphatic heterocycles. The zero-order chi connectivity index (χ0) is 16.9. The molecule has 5 nitrogen and oxygen atoms in total. The number of carbonyl (C=O) groups excluding carboxylic acids is 1. The molecule has 0 aliphatic rings. The summed E-state index contributed by atoms with van der Waals surface area (Å²) in [5.41, 5.74) is 2.51. The molecule has 3 rings (SSSR count). The van der Waals surface area contributed by atoms with Gasteiger partial charge in [-0.2, -0.15) is 4.98 Å². The molecule has 1 heterocycles. The van der Waals surface area contributed by atoms with Gasteiger partial charge < -0.3 is 9.84 Å². The highest BCUT2D eigenvalue weighted by Gasteiger charge is 2.12. The van der Waals surface area contributed by atoms with E-state index in [1.807, 2.05) is 31.2 Å². The van der Waals surface area contributed by atoms with E-state index in [1.54, 1.807) is 0 Å². The largest absolute Gasteiger partial charge is 0.339 e. The van der Waals surface area contributed by atoms with Crippen LogP contribution < -0.4 is 5.32 Å². The third-order valence-corrected chi connectivity index (χ3v) is 3.55. The zero-order valence-corrected chi connectivity index (χ0v) is 13.1. The molecule has 0 unspecified atom stereocenters. The lowest BCUT2D eigenvalue weighted by Gasteiger charge is -2.03. The lowest BCUT2D eigenvalue weighted by molar-refractivity contribution is -0.116. The van der Waals surface area contributed by atoms with E-state index in [0.29, 0.717) is 23.8 Å². The minimum atomic E-state index is -0.345. The van der Waals surface area contributed by atoms with Crippen molar-refractivity contribution in [3.63, 3.8) is 0 Å². The van der Waals surface area contributed by atoms with Gasteiger partial charge in [0, 0.05) is 24.1 Å². The maximum absolute atomic E-state index is 12.8. The second-order valence-corrected chi connectivity index (χ2v) is 5.38. The molecule has 0 aliphatic carbocycles. The maximum atomic E-state index is 12.8. The minimum Gasteiger partial charge on any atom is -0.339 e. The highest BCUT2D eigenvalue weighted by molar-refractivity contribution is 5.90. The molecule has 0 fully saturated rings. The molecule has 0 atom stereocenters. The normalized spacial score (nSPS) is 10.6. The highest BCUT2D eigenvalue weighted by Crippen LogP contribution is 2.20. The Labute approximate surface area is 138 Å². The Morgan fingerprint density at radius 2 is 1.92 bits per heavy atom. The first-order chi connectivity index (χ1) is 11.6. The number of anilines is 1. The van der Waals surface area contributed by atoms with Gasteiger partial charge in [-0.15, -0.1) is 0 Å². The van der Waals surface area contributed by atoms with Gasteiger partial charge in [0.15, 0.2) is 0 Å². The van der Waals surface area contributed by atoms with Crippen LogP contribution in [0.1, 0.15) is 17.9 Å². The van der Waals surface area contributed by atoms with Gasteiger partial charge >= 0.3 is 0 Å². The maximum Gasteiger partial charge on any atom is 0.227 e. The molecular weight excluding hydrogens is 309 g/mol. The Kier molecular flexibility index (Phi) is 4.65. The Morgan fingerprint density at radius 1 is 1.17 bits per heavy atom. The van der Waals surface area contributed by atoms with E-state index in [9.17, 15) is 9.18 Å². The number of nitrogens with one attached hydrogen (secondary N) is 1. The number of hydrogen-bond acceptors (Lipinski definition) is 4. The van der Waals surface area contributed by atoms with Crippen molar-refractivity contribution in [2.45, 2.75) is 19.8 Å². The minimum absolute atomic E-state index is 0.197. The fourth-order valence-electron chi connectivity index (χ4n) is 2.27. The van der Waals surface area contributed by atoms with E-state index in [0.717, 1.165) is 11.1 Å². The van der Waals surface area contributed by atoms with Gasteiger partial charge in [0.2, 0.25) is 17.6 Å². The fourth-order valence-corrected chi connectivity index (χ4v) is 2.27. The monoisotopic (exact) mass is 325 g/mol. The molecule has 1 amide bonds. The summed E-state index contributed by atoms with van der Waals surface area (Å²) in [5.74, 6) is 0.379. The number of hydrogen-bond donors (Lipinski definition) is 1. The van der Waals surface area contributed by atoms with Crippen LogP contribution in [0, 0.1) is 12.7 Å². The predicted octanol–water partition coefficient (Wildman–Crippen LogP) is 3.76. The number of carbonyl (C=O) groups is 1. The average molecular weight is 325 g/mol. The van der Waals surface area contributed by atoms with Crippen molar-refractivity contribution in [2.24, 2.45) is 0 Å². The van der Waals surface area contributed by atoms with E-state index in [4.69, 9.17) is 4.52 Å². The summed E-state index contributed by atoms with van der Waals surface area (Å²) in [6, 6.07) is 13.4. The summed E-state index contributed by atoms with van der Waals surface area (Å²) in [4.78, 5) is 16.2. The van der Waals surface area contributed by atoms with E-state index in [-0.39, 0.29) is 18.1 Å². The average Bonchev–Trinajstić information content (AvgIpc) is 3.04. The van der Waals surface area contributed by atoms with Crippen LogP contribution in [0.2, 0.25) is 0 Å². The Morgan fingerprint density at radius 3 is 2.67 bits per heavy atom. The molecule has 1 N–H and O–H groups in total. The van der Waals surface area contributed by atoms with Gasteiger partial charge in [0.1, 0.15) is 5.82 Å². The molecular formula is C18H16FN3O2. The number of amides is 1. The van der Waals surface area contributed by atoms with Crippen LogP contribution in [-0.2, 0) is 11.2 Å². The Hall–Kier alpha value is -3.02. The third-order valence-electron chi connectivity index (χ3n) is 3.55. The Balaban J connectivity index is 1.58. The first kappa shape index (κ1) is 15.9.